The molecule has 9 heteroatoms. The van der Waals surface area contributed by atoms with Gasteiger partial charge in [-0.25, -0.2) is 4.98 Å². The van der Waals surface area contributed by atoms with E-state index in [4.69, 9.17) is 22.1 Å². The van der Waals surface area contributed by atoms with Crippen LogP contribution in [0.1, 0.15) is 15.9 Å². The first-order valence-corrected chi connectivity index (χ1v) is 10.7. The summed E-state index contributed by atoms with van der Waals surface area (Å²) in [5.41, 5.74) is 9.30. The number of aryl methyl sites for hydroxylation is 1. The number of methoxy groups -OCH3 is 1. The summed E-state index contributed by atoms with van der Waals surface area (Å²) in [7, 11) is 1.59. The largest absolute Gasteiger partial charge is 0.497 e. The standard InChI is InChI=1S/C23H25ClN6O2/c1-15-3-4-16(24)13-20(15)29-9-11-30(12-10-29)23-26-14-19(21(25)28-23)22(31)27-17-5-7-18(32-2)8-6-17/h3-8,13-14H,9-12H2,1-2H3,(H,27,31)(H2,25,26,28). The summed E-state index contributed by atoms with van der Waals surface area (Å²) in [6.07, 6.45) is 1.48. The van der Waals surface area contributed by atoms with Gasteiger partial charge in [0.25, 0.3) is 5.91 Å². The van der Waals surface area contributed by atoms with Gasteiger partial charge in [-0.2, -0.15) is 4.98 Å². The van der Waals surface area contributed by atoms with E-state index in [-0.39, 0.29) is 17.3 Å². The van der Waals surface area contributed by atoms with E-state index in [1.807, 2.05) is 18.2 Å². The van der Waals surface area contributed by atoms with Gasteiger partial charge in [-0.15, -0.1) is 0 Å². The minimum absolute atomic E-state index is 0.147. The Balaban J connectivity index is 1.41. The van der Waals surface area contributed by atoms with Crippen molar-refractivity contribution >= 4 is 40.6 Å². The van der Waals surface area contributed by atoms with Crippen molar-refractivity contribution in [3.63, 3.8) is 0 Å². The SMILES string of the molecule is COc1ccc(NC(=O)c2cnc(N3CCN(c4cc(Cl)ccc4C)CC3)nc2N)cc1. The van der Waals surface area contributed by atoms with E-state index >= 15 is 0 Å². The molecule has 0 bridgehead atoms. The molecule has 2 heterocycles. The highest BCUT2D eigenvalue weighted by Gasteiger charge is 2.22. The molecule has 0 saturated carbocycles. The second-order valence-electron chi connectivity index (χ2n) is 7.56. The number of ether oxygens (including phenoxy) is 1. The quantitative estimate of drug-likeness (QED) is 0.610. The number of halogens is 1. The number of carbonyl (C=O) groups excluding carboxylic acids is 1. The molecule has 1 saturated heterocycles. The van der Waals surface area contributed by atoms with E-state index in [0.29, 0.717) is 17.4 Å². The number of benzene rings is 2. The molecule has 0 spiro atoms. The molecule has 32 heavy (non-hydrogen) atoms. The van der Waals surface area contributed by atoms with Crippen molar-refractivity contribution in [2.75, 3.05) is 54.1 Å². The van der Waals surface area contributed by atoms with Crippen LogP contribution < -0.4 is 25.6 Å². The fourth-order valence-corrected chi connectivity index (χ4v) is 3.82. The summed E-state index contributed by atoms with van der Waals surface area (Å²) in [5.74, 6) is 1.02. The van der Waals surface area contributed by atoms with Crippen molar-refractivity contribution in [3.05, 3.63) is 64.8 Å². The van der Waals surface area contributed by atoms with Gasteiger partial charge in [-0.1, -0.05) is 17.7 Å². The van der Waals surface area contributed by atoms with Crippen LogP contribution in [0, 0.1) is 6.92 Å². The first-order chi connectivity index (χ1) is 15.4. The zero-order valence-corrected chi connectivity index (χ0v) is 18.8. The molecule has 8 nitrogen and oxygen atoms in total. The van der Waals surface area contributed by atoms with Gasteiger partial charge in [-0.05, 0) is 48.9 Å². The summed E-state index contributed by atoms with van der Waals surface area (Å²) in [5, 5.41) is 3.53. The molecule has 1 aromatic heterocycles. The van der Waals surface area contributed by atoms with Crippen LogP contribution in [0.15, 0.2) is 48.7 Å². The molecule has 0 unspecified atom stereocenters. The van der Waals surface area contributed by atoms with Crippen LogP contribution in [-0.2, 0) is 0 Å². The van der Waals surface area contributed by atoms with Gasteiger partial charge in [-0.3, -0.25) is 4.79 Å². The van der Waals surface area contributed by atoms with Gasteiger partial charge in [0.05, 0.1) is 7.11 Å². The zero-order chi connectivity index (χ0) is 22.7. The number of aromatic nitrogens is 2. The van der Waals surface area contributed by atoms with Crippen molar-refractivity contribution in [2.45, 2.75) is 6.92 Å². The summed E-state index contributed by atoms with van der Waals surface area (Å²) in [6, 6.07) is 13.0. The van der Waals surface area contributed by atoms with Crippen LogP contribution in [0.4, 0.5) is 23.1 Å². The number of piperazine rings is 1. The third-order valence-electron chi connectivity index (χ3n) is 5.47. The van der Waals surface area contributed by atoms with E-state index in [1.54, 1.807) is 31.4 Å². The number of nitrogens with zero attached hydrogens (tertiary/aromatic N) is 4. The van der Waals surface area contributed by atoms with Crippen molar-refractivity contribution in [2.24, 2.45) is 0 Å². The van der Waals surface area contributed by atoms with E-state index in [1.165, 1.54) is 11.8 Å². The Kier molecular flexibility index (Phi) is 6.32. The lowest BCUT2D eigenvalue weighted by Crippen LogP contribution is -2.47. The smallest absolute Gasteiger partial charge is 0.260 e. The molecule has 0 radical (unpaired) electrons. The normalized spacial score (nSPS) is 13.7. The maximum Gasteiger partial charge on any atom is 0.260 e. The van der Waals surface area contributed by atoms with Gasteiger partial charge in [0.2, 0.25) is 5.95 Å². The Morgan fingerprint density at radius 3 is 2.44 bits per heavy atom. The van der Waals surface area contributed by atoms with Gasteiger partial charge >= 0.3 is 0 Å². The number of rotatable bonds is 5. The molecule has 2 aromatic carbocycles. The van der Waals surface area contributed by atoms with E-state index in [2.05, 4.69) is 32.0 Å². The molecular weight excluding hydrogens is 428 g/mol. The van der Waals surface area contributed by atoms with Crippen molar-refractivity contribution in [1.29, 1.82) is 0 Å². The van der Waals surface area contributed by atoms with E-state index < -0.39 is 0 Å². The molecule has 4 rings (SSSR count). The number of anilines is 4. The highest BCUT2D eigenvalue weighted by Crippen LogP contribution is 2.26. The highest BCUT2D eigenvalue weighted by molar-refractivity contribution is 6.30. The Morgan fingerprint density at radius 1 is 1.09 bits per heavy atom. The van der Waals surface area contributed by atoms with Crippen molar-refractivity contribution < 1.29 is 9.53 Å². The summed E-state index contributed by atoms with van der Waals surface area (Å²) >= 11 is 6.17. The third-order valence-corrected chi connectivity index (χ3v) is 5.71. The predicted molar refractivity (Wildman–Crippen MR) is 128 cm³/mol. The second kappa shape index (κ2) is 9.32. The van der Waals surface area contributed by atoms with E-state index in [0.717, 1.165) is 36.9 Å². The molecule has 0 atom stereocenters. The van der Waals surface area contributed by atoms with Crippen LogP contribution in [0.3, 0.4) is 0 Å². The number of hydrogen-bond donors (Lipinski definition) is 2. The van der Waals surface area contributed by atoms with Crippen LogP contribution >= 0.6 is 11.6 Å². The number of nitrogens with one attached hydrogen (secondary N) is 1. The summed E-state index contributed by atoms with van der Waals surface area (Å²) < 4.78 is 5.13. The van der Waals surface area contributed by atoms with Gasteiger partial charge in [0, 0.05) is 48.8 Å². The minimum atomic E-state index is -0.361. The zero-order valence-electron chi connectivity index (χ0n) is 18.0. The molecule has 1 aliphatic rings. The number of amides is 1. The molecule has 1 amide bonds. The fraction of sp³-hybridized carbons (Fsp3) is 0.261. The van der Waals surface area contributed by atoms with Crippen LogP contribution in [0.25, 0.3) is 0 Å². The van der Waals surface area contributed by atoms with Gasteiger partial charge < -0.3 is 25.6 Å². The molecule has 3 N–H and O–H groups in total. The lowest BCUT2D eigenvalue weighted by Gasteiger charge is -2.37. The van der Waals surface area contributed by atoms with Crippen LogP contribution in [0.5, 0.6) is 5.75 Å². The Hall–Kier alpha value is -3.52. The van der Waals surface area contributed by atoms with Crippen LogP contribution in [0.2, 0.25) is 5.02 Å². The molecule has 1 aliphatic heterocycles. The van der Waals surface area contributed by atoms with Gasteiger partial charge in [0.15, 0.2) is 0 Å². The first kappa shape index (κ1) is 21.7. The maximum absolute atomic E-state index is 12.6. The Labute approximate surface area is 192 Å². The Morgan fingerprint density at radius 2 is 1.78 bits per heavy atom. The third kappa shape index (κ3) is 4.70. The second-order valence-corrected chi connectivity index (χ2v) is 7.99. The average molecular weight is 453 g/mol. The Bertz CT molecular complexity index is 1110. The lowest BCUT2D eigenvalue weighted by atomic mass is 10.1. The molecular formula is C23H25ClN6O2. The topological polar surface area (TPSA) is 96.6 Å². The predicted octanol–water partition coefficient (Wildman–Crippen LogP) is 3.61. The average Bonchev–Trinajstić information content (AvgIpc) is 2.81. The molecule has 166 valence electrons. The number of nitrogens with two attached hydrogens (primary N) is 1. The lowest BCUT2D eigenvalue weighted by molar-refractivity contribution is 0.102. The molecule has 0 aliphatic carbocycles. The molecule has 1 fully saturated rings. The number of nitrogen functional groups attached to an aromatic ring is 1. The number of carbonyl (C=O) groups is 1. The maximum atomic E-state index is 12.6. The number of hydrogen-bond acceptors (Lipinski definition) is 7. The van der Waals surface area contributed by atoms with Crippen molar-refractivity contribution in [1.82, 2.24) is 9.97 Å². The van der Waals surface area contributed by atoms with Crippen LogP contribution in [-0.4, -0.2) is 49.2 Å². The summed E-state index contributed by atoms with van der Waals surface area (Å²) in [6.45, 7) is 5.18. The van der Waals surface area contributed by atoms with Crippen molar-refractivity contribution in [3.8, 4) is 5.75 Å². The van der Waals surface area contributed by atoms with Gasteiger partial charge in [0.1, 0.15) is 17.1 Å². The van der Waals surface area contributed by atoms with E-state index in [9.17, 15) is 4.79 Å². The summed E-state index contributed by atoms with van der Waals surface area (Å²) in [4.78, 5) is 25.8. The minimum Gasteiger partial charge on any atom is -0.497 e. The highest BCUT2D eigenvalue weighted by atomic mass is 35.5. The molecule has 3 aromatic rings. The monoisotopic (exact) mass is 452 g/mol. The fourth-order valence-electron chi connectivity index (χ4n) is 3.66. The first-order valence-electron chi connectivity index (χ1n) is 10.3.